The van der Waals surface area contributed by atoms with Crippen LogP contribution in [0.4, 0.5) is 0 Å². The van der Waals surface area contributed by atoms with Crippen molar-refractivity contribution in [2.45, 2.75) is 30.3 Å². The maximum atomic E-state index is 6.29. The highest BCUT2D eigenvalue weighted by Crippen LogP contribution is 2.44. The van der Waals surface area contributed by atoms with Crippen LogP contribution in [0.2, 0.25) is 0 Å². The fraction of sp³-hybridized carbons (Fsp3) is 0.412. The Labute approximate surface area is 128 Å². The predicted octanol–water partition coefficient (Wildman–Crippen LogP) is 4.79. The van der Waals surface area contributed by atoms with Crippen LogP contribution in [0.15, 0.2) is 47.2 Å². The molecule has 1 aliphatic carbocycles. The highest BCUT2D eigenvalue weighted by atomic mass is 32.2. The Morgan fingerprint density at radius 1 is 1.10 bits per heavy atom. The van der Waals surface area contributed by atoms with Crippen LogP contribution in [0.3, 0.4) is 0 Å². The van der Waals surface area contributed by atoms with Crippen molar-refractivity contribution in [2.24, 2.45) is 0 Å². The van der Waals surface area contributed by atoms with E-state index in [1.807, 2.05) is 0 Å². The lowest BCUT2D eigenvalue weighted by atomic mass is 9.91. The summed E-state index contributed by atoms with van der Waals surface area (Å²) >= 11 is 4.21. The number of hydrogen-bond acceptors (Lipinski definition) is 3. The Kier molecular flexibility index (Phi) is 3.57. The van der Waals surface area contributed by atoms with Crippen molar-refractivity contribution >= 4 is 23.5 Å². The smallest absolute Gasteiger partial charge is 0.131 e. The Morgan fingerprint density at radius 2 is 1.95 bits per heavy atom. The van der Waals surface area contributed by atoms with Gasteiger partial charge in [-0.05, 0) is 53.5 Å². The van der Waals surface area contributed by atoms with E-state index in [0.717, 1.165) is 12.2 Å². The first-order valence-corrected chi connectivity index (χ1v) is 9.43. The zero-order valence-corrected chi connectivity index (χ0v) is 13.1. The number of benzene rings is 1. The summed E-state index contributed by atoms with van der Waals surface area (Å²) in [7, 11) is 0. The van der Waals surface area contributed by atoms with Crippen molar-refractivity contribution in [3.8, 4) is 5.75 Å². The van der Waals surface area contributed by atoms with Gasteiger partial charge in [-0.25, -0.2) is 0 Å². The van der Waals surface area contributed by atoms with E-state index in [4.69, 9.17) is 4.74 Å². The number of para-hydroxylation sites is 1. The summed E-state index contributed by atoms with van der Waals surface area (Å²) in [5.41, 5.74) is 4.29. The van der Waals surface area contributed by atoms with E-state index >= 15 is 0 Å². The molecule has 3 heteroatoms. The molecular formula is C17H18OS2. The summed E-state index contributed by atoms with van der Waals surface area (Å²) in [6.07, 6.45) is 7.12. The quantitative estimate of drug-likeness (QED) is 0.738. The summed E-state index contributed by atoms with van der Waals surface area (Å²) in [5.74, 6) is 4.85. The second-order valence-electron chi connectivity index (χ2n) is 5.44. The number of ether oxygens (including phenoxy) is 1. The van der Waals surface area contributed by atoms with Gasteiger partial charge in [0.2, 0.25) is 0 Å². The molecule has 1 aromatic carbocycles. The number of hydrogen-bond donors (Lipinski definition) is 0. The molecular weight excluding hydrogens is 284 g/mol. The van der Waals surface area contributed by atoms with Crippen molar-refractivity contribution in [1.82, 2.24) is 0 Å². The minimum atomic E-state index is 0.618. The lowest BCUT2D eigenvalue weighted by Crippen LogP contribution is -2.20. The summed E-state index contributed by atoms with van der Waals surface area (Å²) in [6.45, 7) is 0. The molecule has 2 heterocycles. The van der Waals surface area contributed by atoms with Crippen LogP contribution in [-0.4, -0.2) is 16.1 Å². The van der Waals surface area contributed by atoms with Crippen LogP contribution in [-0.2, 0) is 6.42 Å². The van der Waals surface area contributed by atoms with E-state index in [1.165, 1.54) is 47.7 Å². The average molecular weight is 302 g/mol. The van der Waals surface area contributed by atoms with Gasteiger partial charge in [0.15, 0.2) is 0 Å². The molecule has 0 spiro atoms. The standard InChI is InChI=1S/C17H18OS2/c1-2-8-15-12(5-1)11-13-6-3-7-14(16(13)18-15)17-19-9-4-10-20-17/h1-2,5-6,8,17H,3-4,7,9-11H2. The number of allylic oxidation sites excluding steroid dienone is 2. The van der Waals surface area contributed by atoms with Gasteiger partial charge in [0.25, 0.3) is 0 Å². The third kappa shape index (κ3) is 2.31. The van der Waals surface area contributed by atoms with Gasteiger partial charge in [0.1, 0.15) is 11.5 Å². The molecule has 0 N–H and O–H groups in total. The molecule has 0 saturated carbocycles. The van der Waals surface area contributed by atoms with E-state index in [1.54, 1.807) is 5.57 Å². The first-order chi connectivity index (χ1) is 9.92. The Hall–Kier alpha value is -0.800. The van der Waals surface area contributed by atoms with Gasteiger partial charge in [-0.2, -0.15) is 0 Å². The molecule has 0 aromatic heterocycles. The third-order valence-electron chi connectivity index (χ3n) is 4.06. The summed E-state index contributed by atoms with van der Waals surface area (Å²) in [4.78, 5) is 0. The highest BCUT2D eigenvalue weighted by Gasteiger charge is 2.30. The van der Waals surface area contributed by atoms with Crippen molar-refractivity contribution in [3.63, 3.8) is 0 Å². The molecule has 1 aromatic rings. The maximum Gasteiger partial charge on any atom is 0.131 e. The van der Waals surface area contributed by atoms with Gasteiger partial charge in [-0.15, -0.1) is 23.5 Å². The fourth-order valence-electron chi connectivity index (χ4n) is 3.08. The first-order valence-electron chi connectivity index (χ1n) is 7.33. The van der Waals surface area contributed by atoms with E-state index in [-0.39, 0.29) is 0 Å². The van der Waals surface area contributed by atoms with E-state index in [2.05, 4.69) is 53.9 Å². The number of fused-ring (bicyclic) bond motifs is 2. The monoisotopic (exact) mass is 302 g/mol. The van der Waals surface area contributed by atoms with Crippen molar-refractivity contribution < 1.29 is 4.74 Å². The normalized spacial score (nSPS) is 22.7. The third-order valence-corrected chi connectivity index (χ3v) is 7.10. The molecule has 1 saturated heterocycles. The van der Waals surface area contributed by atoms with E-state index in [0.29, 0.717) is 4.58 Å². The Balaban J connectivity index is 1.72. The SMILES string of the molecule is C1=C2Cc3ccccc3OC2=C(C2SCCCS2)CC1. The number of thioether (sulfide) groups is 2. The highest BCUT2D eigenvalue weighted by molar-refractivity contribution is 8.17. The molecule has 0 atom stereocenters. The molecule has 4 rings (SSSR count). The largest absolute Gasteiger partial charge is 0.457 e. The average Bonchev–Trinajstić information content (AvgIpc) is 2.53. The second-order valence-corrected chi connectivity index (χ2v) is 8.16. The van der Waals surface area contributed by atoms with Crippen molar-refractivity contribution in [2.75, 3.05) is 11.5 Å². The molecule has 20 heavy (non-hydrogen) atoms. The fourth-order valence-corrected chi connectivity index (χ4v) is 6.12. The van der Waals surface area contributed by atoms with Crippen LogP contribution in [0.1, 0.15) is 24.8 Å². The number of rotatable bonds is 1. The van der Waals surface area contributed by atoms with Crippen LogP contribution in [0.25, 0.3) is 0 Å². The predicted molar refractivity (Wildman–Crippen MR) is 88.4 cm³/mol. The molecule has 1 fully saturated rings. The summed E-state index contributed by atoms with van der Waals surface area (Å²) in [6, 6.07) is 8.46. The van der Waals surface area contributed by atoms with Gasteiger partial charge >= 0.3 is 0 Å². The molecule has 1 nitrogen and oxygen atoms in total. The molecule has 0 bridgehead atoms. The van der Waals surface area contributed by atoms with Crippen molar-refractivity contribution in [1.29, 1.82) is 0 Å². The molecule has 0 amide bonds. The minimum absolute atomic E-state index is 0.618. The van der Waals surface area contributed by atoms with Gasteiger partial charge in [-0.3, -0.25) is 0 Å². The lowest BCUT2D eigenvalue weighted by molar-refractivity contribution is 0.402. The van der Waals surface area contributed by atoms with Gasteiger partial charge < -0.3 is 4.74 Å². The summed E-state index contributed by atoms with van der Waals surface area (Å²) < 4.78 is 6.90. The molecule has 0 radical (unpaired) electrons. The first kappa shape index (κ1) is 12.9. The Bertz CT molecular complexity index is 582. The molecule has 3 aliphatic rings. The maximum absolute atomic E-state index is 6.29. The van der Waals surface area contributed by atoms with Gasteiger partial charge in [-0.1, -0.05) is 24.3 Å². The summed E-state index contributed by atoms with van der Waals surface area (Å²) in [5, 5.41) is 0. The van der Waals surface area contributed by atoms with Crippen LogP contribution in [0.5, 0.6) is 5.75 Å². The molecule has 2 aliphatic heterocycles. The Morgan fingerprint density at radius 3 is 2.85 bits per heavy atom. The molecule has 0 unspecified atom stereocenters. The zero-order chi connectivity index (χ0) is 13.4. The van der Waals surface area contributed by atoms with Crippen LogP contribution >= 0.6 is 23.5 Å². The second kappa shape index (κ2) is 5.53. The van der Waals surface area contributed by atoms with Crippen LogP contribution in [0, 0.1) is 0 Å². The van der Waals surface area contributed by atoms with E-state index < -0.39 is 0 Å². The van der Waals surface area contributed by atoms with Crippen LogP contribution < -0.4 is 4.74 Å². The van der Waals surface area contributed by atoms with Gasteiger partial charge in [0, 0.05) is 6.42 Å². The lowest BCUT2D eigenvalue weighted by Gasteiger charge is -2.32. The van der Waals surface area contributed by atoms with E-state index in [9.17, 15) is 0 Å². The topological polar surface area (TPSA) is 9.23 Å². The van der Waals surface area contributed by atoms with Gasteiger partial charge in [0.05, 0.1) is 4.58 Å². The minimum Gasteiger partial charge on any atom is -0.457 e. The molecule has 104 valence electrons. The van der Waals surface area contributed by atoms with Crippen molar-refractivity contribution in [3.05, 3.63) is 52.8 Å². The zero-order valence-electron chi connectivity index (χ0n) is 11.4.